The molecule has 0 heterocycles. The quantitative estimate of drug-likeness (QED) is 0.858. The highest BCUT2D eigenvalue weighted by Crippen LogP contribution is 2.27. The van der Waals surface area contributed by atoms with Crippen LogP contribution in [0.1, 0.15) is 22.7 Å². The van der Waals surface area contributed by atoms with E-state index < -0.39 is 0 Å². The van der Waals surface area contributed by atoms with Crippen molar-refractivity contribution in [1.82, 2.24) is 5.32 Å². The molecule has 0 saturated heterocycles. The lowest BCUT2D eigenvalue weighted by molar-refractivity contribution is 0.475. The maximum atomic E-state index is 9.24. The molecule has 1 aliphatic rings. The van der Waals surface area contributed by atoms with Crippen molar-refractivity contribution >= 4 is 6.08 Å². The minimum Gasteiger partial charge on any atom is -0.508 e. The average molecular weight is 237 g/mol. The normalized spacial score (nSPS) is 16.8. The standard InChI is InChI=1S/C16H15NO/c18-14-8-5-12(6-9-14)11-17-16-10-7-13-3-1-2-4-15(13)16/h1-10,16-18H,11H2. The van der Waals surface area contributed by atoms with E-state index in [1.54, 1.807) is 12.1 Å². The third kappa shape index (κ3) is 2.15. The van der Waals surface area contributed by atoms with Crippen LogP contribution < -0.4 is 5.32 Å². The number of hydrogen-bond donors (Lipinski definition) is 2. The fourth-order valence-electron chi connectivity index (χ4n) is 2.27. The third-order valence-electron chi connectivity index (χ3n) is 3.26. The van der Waals surface area contributed by atoms with E-state index in [4.69, 9.17) is 0 Å². The van der Waals surface area contributed by atoms with Gasteiger partial charge in [0.2, 0.25) is 0 Å². The molecule has 0 aliphatic heterocycles. The summed E-state index contributed by atoms with van der Waals surface area (Å²) >= 11 is 0. The van der Waals surface area contributed by atoms with Crippen LogP contribution in [0.5, 0.6) is 5.75 Å². The predicted molar refractivity (Wildman–Crippen MR) is 73.2 cm³/mol. The van der Waals surface area contributed by atoms with Crippen LogP contribution in [0.15, 0.2) is 54.6 Å². The number of phenols is 1. The molecule has 2 heteroatoms. The van der Waals surface area contributed by atoms with Crippen molar-refractivity contribution in [2.45, 2.75) is 12.6 Å². The molecular weight excluding hydrogens is 222 g/mol. The summed E-state index contributed by atoms with van der Waals surface area (Å²) < 4.78 is 0. The summed E-state index contributed by atoms with van der Waals surface area (Å²) in [6.07, 6.45) is 4.34. The van der Waals surface area contributed by atoms with E-state index >= 15 is 0 Å². The molecule has 1 aliphatic carbocycles. The molecule has 1 unspecified atom stereocenters. The number of fused-ring (bicyclic) bond motifs is 1. The SMILES string of the molecule is Oc1ccc(CNC2C=Cc3ccccc32)cc1. The van der Waals surface area contributed by atoms with Gasteiger partial charge in [0.25, 0.3) is 0 Å². The average Bonchev–Trinajstić information content (AvgIpc) is 2.82. The highest BCUT2D eigenvalue weighted by atomic mass is 16.3. The van der Waals surface area contributed by atoms with Gasteiger partial charge in [-0.2, -0.15) is 0 Å². The largest absolute Gasteiger partial charge is 0.508 e. The minimum atomic E-state index is 0.287. The van der Waals surface area contributed by atoms with Crippen LogP contribution in [0.4, 0.5) is 0 Å². The van der Waals surface area contributed by atoms with Gasteiger partial charge in [-0.3, -0.25) is 0 Å². The Labute approximate surface area is 107 Å². The molecule has 0 bridgehead atoms. The maximum absolute atomic E-state index is 9.24. The van der Waals surface area contributed by atoms with Crippen LogP contribution in [-0.2, 0) is 6.54 Å². The van der Waals surface area contributed by atoms with E-state index in [2.05, 4.69) is 41.7 Å². The lowest BCUT2D eigenvalue weighted by Gasteiger charge is -2.13. The number of rotatable bonds is 3. The maximum Gasteiger partial charge on any atom is 0.115 e. The zero-order chi connectivity index (χ0) is 12.4. The Hall–Kier alpha value is -2.06. The van der Waals surface area contributed by atoms with E-state index in [0.29, 0.717) is 5.75 Å². The molecule has 0 spiro atoms. The second kappa shape index (κ2) is 4.67. The number of aromatic hydroxyl groups is 1. The zero-order valence-electron chi connectivity index (χ0n) is 10.0. The second-order valence-corrected chi connectivity index (χ2v) is 4.51. The van der Waals surface area contributed by atoms with Crippen LogP contribution in [0.3, 0.4) is 0 Å². The van der Waals surface area contributed by atoms with Crippen molar-refractivity contribution in [2.75, 3.05) is 0 Å². The summed E-state index contributed by atoms with van der Waals surface area (Å²) in [5.74, 6) is 0.310. The Balaban J connectivity index is 1.69. The fourth-order valence-corrected chi connectivity index (χ4v) is 2.27. The summed E-state index contributed by atoms with van der Waals surface area (Å²) in [5, 5.41) is 12.7. The first-order chi connectivity index (χ1) is 8.83. The van der Waals surface area contributed by atoms with Gasteiger partial charge < -0.3 is 10.4 Å². The first-order valence-electron chi connectivity index (χ1n) is 6.11. The Morgan fingerprint density at radius 3 is 2.61 bits per heavy atom. The van der Waals surface area contributed by atoms with Crippen LogP contribution in [0, 0.1) is 0 Å². The highest BCUT2D eigenvalue weighted by Gasteiger charge is 2.15. The van der Waals surface area contributed by atoms with Gasteiger partial charge in [0, 0.05) is 6.54 Å². The zero-order valence-corrected chi connectivity index (χ0v) is 10.0. The van der Waals surface area contributed by atoms with E-state index in [1.165, 1.54) is 16.7 Å². The molecule has 0 amide bonds. The summed E-state index contributed by atoms with van der Waals surface area (Å²) in [6.45, 7) is 0.795. The number of phenolic OH excluding ortho intramolecular Hbond substituents is 1. The van der Waals surface area contributed by atoms with Gasteiger partial charge in [0.05, 0.1) is 6.04 Å². The second-order valence-electron chi connectivity index (χ2n) is 4.51. The first-order valence-corrected chi connectivity index (χ1v) is 6.11. The Morgan fingerprint density at radius 2 is 1.78 bits per heavy atom. The molecule has 0 radical (unpaired) electrons. The molecule has 0 fully saturated rings. The van der Waals surface area contributed by atoms with Gasteiger partial charge >= 0.3 is 0 Å². The van der Waals surface area contributed by atoms with Crippen molar-refractivity contribution in [3.63, 3.8) is 0 Å². The van der Waals surface area contributed by atoms with Gasteiger partial charge in [-0.1, -0.05) is 48.6 Å². The molecule has 0 aromatic heterocycles. The molecule has 0 saturated carbocycles. The van der Waals surface area contributed by atoms with E-state index in [1.807, 2.05) is 12.1 Å². The summed E-state index contributed by atoms with van der Waals surface area (Å²) in [5.41, 5.74) is 3.79. The van der Waals surface area contributed by atoms with Crippen molar-refractivity contribution in [2.24, 2.45) is 0 Å². The monoisotopic (exact) mass is 237 g/mol. The van der Waals surface area contributed by atoms with Crippen LogP contribution in [0.25, 0.3) is 6.08 Å². The predicted octanol–water partition coefficient (Wildman–Crippen LogP) is 3.25. The van der Waals surface area contributed by atoms with Crippen LogP contribution >= 0.6 is 0 Å². The van der Waals surface area contributed by atoms with Gasteiger partial charge in [-0.05, 0) is 28.8 Å². The van der Waals surface area contributed by atoms with Gasteiger partial charge in [0.15, 0.2) is 0 Å². The van der Waals surface area contributed by atoms with Gasteiger partial charge in [0.1, 0.15) is 5.75 Å². The topological polar surface area (TPSA) is 32.3 Å². The highest BCUT2D eigenvalue weighted by molar-refractivity contribution is 5.61. The van der Waals surface area contributed by atoms with E-state index in [-0.39, 0.29) is 6.04 Å². The minimum absolute atomic E-state index is 0.287. The van der Waals surface area contributed by atoms with Gasteiger partial charge in [-0.15, -0.1) is 0 Å². The lowest BCUT2D eigenvalue weighted by Crippen LogP contribution is -2.17. The molecule has 2 aromatic carbocycles. The van der Waals surface area contributed by atoms with Crippen molar-refractivity contribution in [3.8, 4) is 5.75 Å². The lowest BCUT2D eigenvalue weighted by atomic mass is 10.1. The van der Waals surface area contributed by atoms with Crippen molar-refractivity contribution in [3.05, 3.63) is 71.3 Å². The van der Waals surface area contributed by atoms with Gasteiger partial charge in [-0.25, -0.2) is 0 Å². The number of benzene rings is 2. The number of nitrogens with one attached hydrogen (secondary N) is 1. The molecular formula is C16H15NO. The van der Waals surface area contributed by atoms with E-state index in [0.717, 1.165) is 6.54 Å². The molecule has 18 heavy (non-hydrogen) atoms. The molecule has 1 atom stereocenters. The summed E-state index contributed by atoms with van der Waals surface area (Å²) in [4.78, 5) is 0. The molecule has 2 aromatic rings. The van der Waals surface area contributed by atoms with E-state index in [9.17, 15) is 5.11 Å². The molecule has 3 rings (SSSR count). The Kier molecular flexibility index (Phi) is 2.87. The summed E-state index contributed by atoms with van der Waals surface area (Å²) in [7, 11) is 0. The van der Waals surface area contributed by atoms with Crippen molar-refractivity contribution in [1.29, 1.82) is 0 Å². The number of hydrogen-bond acceptors (Lipinski definition) is 2. The molecule has 2 nitrogen and oxygen atoms in total. The molecule has 90 valence electrons. The third-order valence-corrected chi connectivity index (χ3v) is 3.26. The van der Waals surface area contributed by atoms with Crippen molar-refractivity contribution < 1.29 is 5.11 Å². The smallest absolute Gasteiger partial charge is 0.115 e. The fraction of sp³-hybridized carbons (Fsp3) is 0.125. The van der Waals surface area contributed by atoms with Crippen LogP contribution in [-0.4, -0.2) is 5.11 Å². The summed E-state index contributed by atoms with van der Waals surface area (Å²) in [6, 6.07) is 16.0. The van der Waals surface area contributed by atoms with Crippen LogP contribution in [0.2, 0.25) is 0 Å². The Morgan fingerprint density at radius 1 is 1.00 bits per heavy atom. The Bertz CT molecular complexity index is 572. The first kappa shape index (κ1) is 11.1. The molecule has 2 N–H and O–H groups in total.